The van der Waals surface area contributed by atoms with Crippen molar-refractivity contribution < 1.29 is 18.4 Å². The van der Waals surface area contributed by atoms with E-state index in [9.17, 15) is 13.9 Å². The number of phenols is 1. The lowest BCUT2D eigenvalue weighted by atomic mass is 10.1. The van der Waals surface area contributed by atoms with Crippen LogP contribution in [-0.4, -0.2) is 30.2 Å². The molecule has 5 rings (SSSR count). The van der Waals surface area contributed by atoms with Crippen LogP contribution < -0.4 is 0 Å². The van der Waals surface area contributed by atoms with Crippen LogP contribution in [0.2, 0.25) is 0 Å². The van der Waals surface area contributed by atoms with E-state index in [0.29, 0.717) is 11.3 Å². The van der Waals surface area contributed by atoms with Gasteiger partial charge in [-0.25, -0.2) is 13.5 Å². The molecule has 0 aliphatic carbocycles. The first-order chi connectivity index (χ1) is 15.1. The maximum atomic E-state index is 14.5. The Morgan fingerprint density at radius 1 is 0.871 bits per heavy atom. The van der Waals surface area contributed by atoms with E-state index in [-0.39, 0.29) is 34.4 Å². The van der Waals surface area contributed by atoms with Crippen LogP contribution in [0, 0.1) is 11.6 Å². The molecule has 0 bridgehead atoms. The lowest BCUT2D eigenvalue weighted by Gasteiger charge is -2.08. The van der Waals surface area contributed by atoms with Crippen LogP contribution in [0.25, 0.3) is 39.9 Å². The monoisotopic (exact) mass is 417 g/mol. The van der Waals surface area contributed by atoms with E-state index in [1.807, 2.05) is 30.3 Å². The number of benzene rings is 3. The van der Waals surface area contributed by atoms with Crippen molar-refractivity contribution >= 4 is 0 Å². The van der Waals surface area contributed by atoms with Crippen LogP contribution in [0.15, 0.2) is 77.3 Å². The summed E-state index contributed by atoms with van der Waals surface area (Å²) >= 11 is 0. The maximum absolute atomic E-state index is 14.5. The summed E-state index contributed by atoms with van der Waals surface area (Å²) in [5, 5.41) is 21.5. The normalized spacial score (nSPS) is 11.0. The van der Waals surface area contributed by atoms with Gasteiger partial charge in [-0.05, 0) is 24.3 Å². The fourth-order valence-electron chi connectivity index (χ4n) is 3.19. The van der Waals surface area contributed by atoms with Crippen molar-refractivity contribution in [3.8, 4) is 45.7 Å². The Labute approximate surface area is 174 Å². The molecule has 7 nitrogen and oxygen atoms in total. The van der Waals surface area contributed by atoms with Crippen molar-refractivity contribution in [1.82, 2.24) is 25.1 Å². The minimum Gasteiger partial charge on any atom is -0.508 e. The Hall–Kier alpha value is -4.40. The summed E-state index contributed by atoms with van der Waals surface area (Å²) in [5.74, 6) is -1.43. The first-order valence-corrected chi connectivity index (χ1v) is 9.21. The van der Waals surface area contributed by atoms with Gasteiger partial charge in [0.2, 0.25) is 5.82 Å². The van der Waals surface area contributed by atoms with Crippen molar-refractivity contribution in [2.75, 3.05) is 0 Å². The van der Waals surface area contributed by atoms with E-state index >= 15 is 0 Å². The van der Waals surface area contributed by atoms with Gasteiger partial charge in [0.25, 0.3) is 5.89 Å². The molecule has 0 radical (unpaired) electrons. The van der Waals surface area contributed by atoms with E-state index < -0.39 is 11.6 Å². The zero-order chi connectivity index (χ0) is 21.4. The maximum Gasteiger partial charge on any atom is 0.281 e. The summed E-state index contributed by atoms with van der Waals surface area (Å²) in [4.78, 5) is 4.25. The van der Waals surface area contributed by atoms with Gasteiger partial charge in [-0.1, -0.05) is 52.8 Å². The highest BCUT2D eigenvalue weighted by Crippen LogP contribution is 2.33. The van der Waals surface area contributed by atoms with Gasteiger partial charge in [-0.3, -0.25) is 0 Å². The predicted octanol–water partition coefficient (Wildman–Crippen LogP) is 4.64. The largest absolute Gasteiger partial charge is 0.508 e. The Kier molecular flexibility index (Phi) is 4.47. The number of aromatic nitrogens is 5. The third-order valence-electron chi connectivity index (χ3n) is 4.62. The molecule has 0 saturated carbocycles. The second-order valence-corrected chi connectivity index (χ2v) is 6.60. The number of nitrogens with zero attached hydrogens (tertiary/aromatic N) is 5. The number of rotatable bonds is 4. The van der Waals surface area contributed by atoms with Crippen molar-refractivity contribution in [2.24, 2.45) is 0 Å². The van der Waals surface area contributed by atoms with Crippen LogP contribution in [-0.2, 0) is 0 Å². The molecule has 1 N–H and O–H groups in total. The van der Waals surface area contributed by atoms with Crippen LogP contribution in [0.4, 0.5) is 8.78 Å². The smallest absolute Gasteiger partial charge is 0.281 e. The fraction of sp³-hybridized carbons (Fsp3) is 0. The van der Waals surface area contributed by atoms with Crippen molar-refractivity contribution in [1.29, 1.82) is 0 Å². The Balaban J connectivity index is 1.67. The number of hydrogen-bond acceptors (Lipinski definition) is 6. The van der Waals surface area contributed by atoms with Crippen LogP contribution in [0.1, 0.15) is 0 Å². The highest BCUT2D eigenvalue weighted by Gasteiger charge is 2.24. The lowest BCUT2D eigenvalue weighted by Crippen LogP contribution is -2.02. The number of aromatic hydroxyl groups is 1. The van der Waals surface area contributed by atoms with Gasteiger partial charge in [0.1, 0.15) is 28.8 Å². The minimum absolute atomic E-state index is 0.0103. The third kappa shape index (κ3) is 3.31. The van der Waals surface area contributed by atoms with E-state index in [2.05, 4.69) is 20.5 Å². The number of hydrogen-bond donors (Lipinski definition) is 1. The first-order valence-electron chi connectivity index (χ1n) is 9.21. The summed E-state index contributed by atoms with van der Waals surface area (Å²) < 4.78 is 35.4. The molecule has 0 amide bonds. The summed E-state index contributed by atoms with van der Waals surface area (Å²) in [7, 11) is 0. The minimum atomic E-state index is -0.703. The molecule has 0 unspecified atom stereocenters. The Morgan fingerprint density at radius 2 is 1.65 bits per heavy atom. The second kappa shape index (κ2) is 7.45. The predicted molar refractivity (Wildman–Crippen MR) is 107 cm³/mol. The van der Waals surface area contributed by atoms with E-state index in [1.54, 1.807) is 18.2 Å². The van der Waals surface area contributed by atoms with E-state index in [0.717, 1.165) is 6.07 Å². The average Bonchev–Trinajstić information content (AvgIpc) is 3.42. The summed E-state index contributed by atoms with van der Waals surface area (Å²) in [6.45, 7) is 0. The third-order valence-corrected chi connectivity index (χ3v) is 4.62. The SMILES string of the molecule is Oc1ccc(-c2noc(-c3nnn(-c4ccccc4F)c3-c3ccccc3)n2)c(F)c1. The molecule has 0 spiro atoms. The molecule has 0 saturated heterocycles. The van der Waals surface area contributed by atoms with Gasteiger partial charge < -0.3 is 9.63 Å². The molecular weight excluding hydrogens is 404 g/mol. The molecule has 3 aromatic carbocycles. The molecule has 2 heterocycles. The highest BCUT2D eigenvalue weighted by atomic mass is 19.1. The van der Waals surface area contributed by atoms with Crippen LogP contribution >= 0.6 is 0 Å². The standard InChI is InChI=1S/C22H13F2N5O2/c23-16-8-4-5-9-18(16)29-20(13-6-2-1-3-7-13)19(26-28-29)22-25-21(27-31-22)15-11-10-14(30)12-17(15)24/h1-12,30H. The Morgan fingerprint density at radius 3 is 2.42 bits per heavy atom. The summed E-state index contributed by atoms with van der Waals surface area (Å²) in [6.07, 6.45) is 0. The molecule has 2 aromatic heterocycles. The quantitative estimate of drug-likeness (QED) is 0.458. The zero-order valence-electron chi connectivity index (χ0n) is 15.8. The fourth-order valence-corrected chi connectivity index (χ4v) is 3.19. The number of halogens is 2. The average molecular weight is 417 g/mol. The van der Waals surface area contributed by atoms with Crippen LogP contribution in [0.3, 0.4) is 0 Å². The molecule has 0 atom stereocenters. The molecule has 0 fully saturated rings. The summed E-state index contributed by atoms with van der Waals surface area (Å²) in [6, 6.07) is 18.9. The second-order valence-electron chi connectivity index (χ2n) is 6.60. The van der Waals surface area contributed by atoms with Gasteiger partial charge in [0.05, 0.1) is 5.56 Å². The van der Waals surface area contributed by atoms with Gasteiger partial charge in [0.15, 0.2) is 5.69 Å². The molecule has 0 aliphatic heterocycles. The van der Waals surface area contributed by atoms with Gasteiger partial charge >= 0.3 is 0 Å². The number of para-hydroxylation sites is 1. The topological polar surface area (TPSA) is 89.9 Å². The molecule has 0 aliphatic rings. The molecule has 9 heteroatoms. The molecule has 152 valence electrons. The van der Waals surface area contributed by atoms with Crippen LogP contribution in [0.5, 0.6) is 5.75 Å². The van der Waals surface area contributed by atoms with E-state index in [1.165, 1.54) is 22.9 Å². The zero-order valence-corrected chi connectivity index (χ0v) is 15.8. The number of phenolic OH excluding ortho intramolecular Hbond substituents is 1. The lowest BCUT2D eigenvalue weighted by molar-refractivity contribution is 0.430. The molecule has 31 heavy (non-hydrogen) atoms. The molecule has 5 aromatic rings. The van der Waals surface area contributed by atoms with Crippen molar-refractivity contribution in [2.45, 2.75) is 0 Å². The highest BCUT2D eigenvalue weighted by molar-refractivity contribution is 5.76. The first kappa shape index (κ1) is 18.6. The van der Waals surface area contributed by atoms with Gasteiger partial charge in [0, 0.05) is 11.6 Å². The van der Waals surface area contributed by atoms with Gasteiger partial charge in [-0.15, -0.1) is 5.10 Å². The van der Waals surface area contributed by atoms with Crippen molar-refractivity contribution in [3.05, 3.63) is 84.4 Å². The Bertz CT molecular complexity index is 1380. The van der Waals surface area contributed by atoms with E-state index in [4.69, 9.17) is 4.52 Å². The van der Waals surface area contributed by atoms with Gasteiger partial charge in [-0.2, -0.15) is 4.98 Å². The van der Waals surface area contributed by atoms with Crippen molar-refractivity contribution in [3.63, 3.8) is 0 Å². The summed E-state index contributed by atoms with van der Waals surface area (Å²) in [5.41, 5.74) is 1.60. The molecular formula is C22H13F2N5O2.